The maximum Gasteiger partial charge on any atom is 0.237 e. The number of halogens is 1. The second kappa shape index (κ2) is 6.59. The van der Waals surface area contributed by atoms with E-state index in [1.165, 1.54) is 0 Å². The summed E-state index contributed by atoms with van der Waals surface area (Å²) in [6.45, 7) is 2.60. The van der Waals surface area contributed by atoms with Gasteiger partial charge in [-0.3, -0.25) is 9.69 Å². The summed E-state index contributed by atoms with van der Waals surface area (Å²) in [6, 6.07) is 6.16. The molecule has 20 heavy (non-hydrogen) atoms. The van der Waals surface area contributed by atoms with E-state index in [4.69, 9.17) is 4.74 Å². The predicted octanol–water partition coefficient (Wildman–Crippen LogP) is 2.56. The second-order valence-corrected chi connectivity index (χ2v) is 6.25. The minimum atomic E-state index is -0.153. The summed E-state index contributed by atoms with van der Waals surface area (Å²) in [5.41, 5.74) is 1.07. The van der Waals surface area contributed by atoms with Gasteiger partial charge in [-0.15, -0.1) is 0 Å². The number of carbonyl (C=O) groups excluding carboxylic acids is 1. The van der Waals surface area contributed by atoms with Gasteiger partial charge in [0.15, 0.2) is 0 Å². The lowest BCUT2D eigenvalue weighted by Crippen LogP contribution is -2.43. The number of carbonyl (C=O) groups is 1. The number of nitrogens with one attached hydrogen (secondary N) is 1. The highest BCUT2D eigenvalue weighted by atomic mass is 79.9. The van der Waals surface area contributed by atoms with Gasteiger partial charge < -0.3 is 10.1 Å². The Morgan fingerprint density at radius 3 is 2.85 bits per heavy atom. The van der Waals surface area contributed by atoms with Crippen LogP contribution in [0, 0.1) is 0 Å². The fourth-order valence-electron chi connectivity index (χ4n) is 2.03. The summed E-state index contributed by atoms with van der Waals surface area (Å²) in [5, 5.41) is 3.04. The van der Waals surface area contributed by atoms with Crippen molar-refractivity contribution < 1.29 is 9.53 Å². The molecule has 0 aliphatic heterocycles. The van der Waals surface area contributed by atoms with E-state index in [-0.39, 0.29) is 11.9 Å². The van der Waals surface area contributed by atoms with Gasteiger partial charge in [-0.2, -0.15) is 0 Å². The molecule has 0 spiro atoms. The molecule has 1 aliphatic rings. The number of hydrogen-bond donors (Lipinski definition) is 1. The Morgan fingerprint density at radius 2 is 2.25 bits per heavy atom. The number of hydrogen-bond acceptors (Lipinski definition) is 3. The molecular formula is C15H21BrN2O2. The molecule has 2 rings (SSSR count). The van der Waals surface area contributed by atoms with Crippen LogP contribution in [0.1, 0.15) is 25.3 Å². The molecule has 0 bridgehead atoms. The highest BCUT2D eigenvalue weighted by Crippen LogP contribution is 2.25. The fourth-order valence-corrected chi connectivity index (χ4v) is 2.43. The number of ether oxygens (including phenoxy) is 1. The standard InChI is InChI=1S/C15H21BrN2O2/c1-10(15(19)17-13-5-6-13)18(2)9-11-8-12(16)4-7-14(11)20-3/h4,7-8,10,13H,5-6,9H2,1-3H3,(H,17,19)/t10-/m1/s1. The zero-order valence-corrected chi connectivity index (χ0v) is 13.7. The zero-order chi connectivity index (χ0) is 14.7. The van der Waals surface area contributed by atoms with Crippen molar-refractivity contribution in [3.05, 3.63) is 28.2 Å². The van der Waals surface area contributed by atoms with Crippen LogP contribution in [-0.4, -0.2) is 37.0 Å². The van der Waals surface area contributed by atoms with E-state index < -0.39 is 0 Å². The molecule has 1 aromatic carbocycles. The average molecular weight is 341 g/mol. The number of rotatable bonds is 6. The molecule has 4 nitrogen and oxygen atoms in total. The van der Waals surface area contributed by atoms with E-state index in [2.05, 4.69) is 21.2 Å². The SMILES string of the molecule is COc1ccc(Br)cc1CN(C)[C@H](C)C(=O)NC1CC1. The first-order chi connectivity index (χ1) is 9.51. The number of nitrogens with zero attached hydrogens (tertiary/aromatic N) is 1. The van der Waals surface area contributed by atoms with Crippen molar-refractivity contribution in [2.75, 3.05) is 14.2 Å². The molecule has 1 atom stereocenters. The van der Waals surface area contributed by atoms with Crippen LogP contribution >= 0.6 is 15.9 Å². The molecular weight excluding hydrogens is 320 g/mol. The third kappa shape index (κ3) is 3.96. The van der Waals surface area contributed by atoms with Crippen LogP contribution < -0.4 is 10.1 Å². The van der Waals surface area contributed by atoms with E-state index in [1.54, 1.807) is 7.11 Å². The summed E-state index contributed by atoms with van der Waals surface area (Å²) in [5.74, 6) is 0.943. The van der Waals surface area contributed by atoms with Crippen LogP contribution in [0.15, 0.2) is 22.7 Å². The van der Waals surface area contributed by atoms with Gasteiger partial charge in [0, 0.05) is 22.6 Å². The van der Waals surface area contributed by atoms with Crippen molar-refractivity contribution in [2.45, 2.75) is 38.4 Å². The van der Waals surface area contributed by atoms with Crippen LogP contribution in [0.25, 0.3) is 0 Å². The normalized spacial score (nSPS) is 16.1. The molecule has 0 radical (unpaired) electrons. The van der Waals surface area contributed by atoms with Gasteiger partial charge >= 0.3 is 0 Å². The van der Waals surface area contributed by atoms with Crippen molar-refractivity contribution in [1.29, 1.82) is 0 Å². The summed E-state index contributed by atoms with van der Waals surface area (Å²) in [6.07, 6.45) is 2.23. The van der Waals surface area contributed by atoms with Gasteiger partial charge in [0.1, 0.15) is 5.75 Å². The minimum Gasteiger partial charge on any atom is -0.496 e. The second-order valence-electron chi connectivity index (χ2n) is 5.33. The zero-order valence-electron chi connectivity index (χ0n) is 12.1. The molecule has 0 saturated heterocycles. The van der Waals surface area contributed by atoms with Crippen LogP contribution in [0.2, 0.25) is 0 Å². The lowest BCUT2D eigenvalue weighted by Gasteiger charge is -2.24. The van der Waals surface area contributed by atoms with Gasteiger partial charge in [-0.25, -0.2) is 0 Å². The van der Waals surface area contributed by atoms with Gasteiger partial charge in [0.2, 0.25) is 5.91 Å². The Morgan fingerprint density at radius 1 is 1.55 bits per heavy atom. The molecule has 1 aromatic rings. The number of benzene rings is 1. The van der Waals surface area contributed by atoms with Gasteiger partial charge in [0.05, 0.1) is 13.2 Å². The Balaban J connectivity index is 2.00. The molecule has 5 heteroatoms. The lowest BCUT2D eigenvalue weighted by molar-refractivity contribution is -0.125. The Bertz CT molecular complexity index is 489. The smallest absolute Gasteiger partial charge is 0.237 e. The highest BCUT2D eigenvalue weighted by Gasteiger charge is 2.27. The van der Waals surface area contributed by atoms with Crippen molar-refractivity contribution in [1.82, 2.24) is 10.2 Å². The highest BCUT2D eigenvalue weighted by molar-refractivity contribution is 9.10. The first kappa shape index (κ1) is 15.3. The molecule has 1 saturated carbocycles. The summed E-state index contributed by atoms with van der Waals surface area (Å²) in [4.78, 5) is 14.1. The molecule has 1 fully saturated rings. The predicted molar refractivity (Wildman–Crippen MR) is 82.8 cm³/mol. The third-order valence-electron chi connectivity index (χ3n) is 3.63. The quantitative estimate of drug-likeness (QED) is 0.865. The number of methoxy groups -OCH3 is 1. The Labute approximate surface area is 128 Å². The van der Waals surface area contributed by atoms with E-state index >= 15 is 0 Å². The van der Waals surface area contributed by atoms with Crippen molar-refractivity contribution in [3.8, 4) is 5.75 Å². The fraction of sp³-hybridized carbons (Fsp3) is 0.533. The number of amides is 1. The summed E-state index contributed by atoms with van der Waals surface area (Å²) < 4.78 is 6.38. The molecule has 1 amide bonds. The topological polar surface area (TPSA) is 41.6 Å². The molecule has 1 N–H and O–H groups in total. The van der Waals surface area contributed by atoms with Crippen molar-refractivity contribution in [2.24, 2.45) is 0 Å². The van der Waals surface area contributed by atoms with Crippen LogP contribution in [0.3, 0.4) is 0 Å². The van der Waals surface area contributed by atoms with E-state index in [0.29, 0.717) is 12.6 Å². The first-order valence-electron chi connectivity index (χ1n) is 6.84. The number of likely N-dealkylation sites (N-methyl/N-ethyl adjacent to an activating group) is 1. The monoisotopic (exact) mass is 340 g/mol. The molecule has 1 aliphatic carbocycles. The third-order valence-corrected chi connectivity index (χ3v) is 4.12. The minimum absolute atomic E-state index is 0.101. The van der Waals surface area contributed by atoms with Crippen molar-refractivity contribution in [3.63, 3.8) is 0 Å². The largest absolute Gasteiger partial charge is 0.496 e. The Kier molecular flexibility index (Phi) is 5.05. The van der Waals surface area contributed by atoms with E-state index in [9.17, 15) is 4.79 Å². The van der Waals surface area contributed by atoms with Gasteiger partial charge in [-0.1, -0.05) is 15.9 Å². The summed E-state index contributed by atoms with van der Waals surface area (Å²) >= 11 is 3.47. The van der Waals surface area contributed by atoms with Crippen LogP contribution in [0.5, 0.6) is 5.75 Å². The van der Waals surface area contributed by atoms with Gasteiger partial charge in [-0.05, 0) is 45.0 Å². The Hall–Kier alpha value is -1.07. The van der Waals surface area contributed by atoms with E-state index in [1.807, 2.05) is 37.1 Å². The molecule has 0 unspecified atom stereocenters. The summed E-state index contributed by atoms with van der Waals surface area (Å²) in [7, 11) is 3.62. The maximum atomic E-state index is 12.1. The molecule has 110 valence electrons. The average Bonchev–Trinajstić information content (AvgIpc) is 3.22. The van der Waals surface area contributed by atoms with E-state index in [0.717, 1.165) is 28.6 Å². The van der Waals surface area contributed by atoms with Crippen LogP contribution in [0.4, 0.5) is 0 Å². The van der Waals surface area contributed by atoms with Crippen molar-refractivity contribution >= 4 is 21.8 Å². The molecule has 0 heterocycles. The first-order valence-corrected chi connectivity index (χ1v) is 7.63. The maximum absolute atomic E-state index is 12.1. The van der Waals surface area contributed by atoms with Gasteiger partial charge in [0.25, 0.3) is 0 Å². The lowest BCUT2D eigenvalue weighted by atomic mass is 10.1. The molecule has 0 aromatic heterocycles. The van der Waals surface area contributed by atoms with Crippen LogP contribution in [-0.2, 0) is 11.3 Å².